The molecule has 1 aromatic rings. The quantitative estimate of drug-likeness (QED) is 0.570. The van der Waals surface area contributed by atoms with Crippen molar-refractivity contribution in [1.82, 2.24) is 0 Å². The number of benzene rings is 1. The molecule has 0 radical (unpaired) electrons. The third kappa shape index (κ3) is 5.36. The van der Waals surface area contributed by atoms with E-state index in [-0.39, 0.29) is 5.91 Å². The van der Waals surface area contributed by atoms with Crippen LogP contribution in [0.2, 0.25) is 0 Å². The molecule has 6 heteroatoms. The van der Waals surface area contributed by atoms with E-state index in [1.807, 2.05) is 6.07 Å². The Hall–Kier alpha value is -0.0916. The second kappa shape index (κ2) is 9.03. The van der Waals surface area contributed by atoms with Gasteiger partial charge in [0.1, 0.15) is 0 Å². The fourth-order valence-corrected chi connectivity index (χ4v) is 16.1. The minimum atomic E-state index is -0.946. The van der Waals surface area contributed by atoms with Crippen LogP contribution in [0.5, 0.6) is 0 Å². The van der Waals surface area contributed by atoms with Crippen LogP contribution in [0.25, 0.3) is 0 Å². The van der Waals surface area contributed by atoms with Crippen LogP contribution in [0.15, 0.2) is 24.3 Å². The zero-order chi connectivity index (χ0) is 14.2. The van der Waals surface area contributed by atoms with Crippen molar-refractivity contribution >= 4 is 48.3 Å². The summed E-state index contributed by atoms with van der Waals surface area (Å²) in [6.07, 6.45) is 3.55. The van der Waals surface area contributed by atoms with Gasteiger partial charge in [0, 0.05) is 0 Å². The van der Waals surface area contributed by atoms with Crippen molar-refractivity contribution in [2.45, 2.75) is 25.7 Å². The van der Waals surface area contributed by atoms with Gasteiger partial charge in [0.05, 0.1) is 0 Å². The summed E-state index contributed by atoms with van der Waals surface area (Å²) in [5, 5.41) is 3.02. The summed E-state index contributed by atoms with van der Waals surface area (Å²) in [5.74, 6) is 2.68. The van der Waals surface area contributed by atoms with Crippen molar-refractivity contribution in [2.24, 2.45) is 5.73 Å². The fraction of sp³-hybridized carbons (Fsp3) is 0.500. The number of anilines is 1. The zero-order valence-electron chi connectivity index (χ0n) is 11.5. The molecule has 2 rings (SSSR count). The predicted octanol–water partition coefficient (Wildman–Crippen LogP) is 2.32. The van der Waals surface area contributed by atoms with Crippen LogP contribution < -0.4 is 15.4 Å². The summed E-state index contributed by atoms with van der Waals surface area (Å²) in [7, 11) is 4.25. The molecule has 1 fully saturated rings. The van der Waals surface area contributed by atoms with Gasteiger partial charge in [-0.1, -0.05) is 0 Å². The average molecular weight is 372 g/mol. The van der Waals surface area contributed by atoms with E-state index >= 15 is 0 Å². The third-order valence-electron chi connectivity index (χ3n) is 2.95. The Balaban J connectivity index is 1.82. The molecule has 0 aromatic heterocycles. The monoisotopic (exact) mass is 372 g/mol. The van der Waals surface area contributed by atoms with Gasteiger partial charge in [0.25, 0.3) is 0 Å². The maximum absolute atomic E-state index is 11.9. The summed E-state index contributed by atoms with van der Waals surface area (Å²) in [6, 6.07) is 8.43. The number of rotatable bonds is 7. The fourth-order valence-electron chi connectivity index (χ4n) is 1.95. The number of nitrogens with two attached hydrogens (primary N) is 1. The molecule has 0 atom stereocenters. The van der Waals surface area contributed by atoms with Crippen LogP contribution in [0.4, 0.5) is 5.69 Å². The summed E-state index contributed by atoms with van der Waals surface area (Å²) in [5.41, 5.74) is 6.40. The second-order valence-corrected chi connectivity index (χ2v) is 16.4. The standard InChI is InChI=1S/C14H21AsN2OS2/c16-8-3-1-2-7-14(18)17-13-6-4-5-12(11-13)15-19-9-10-20-15/h4-6,11H,1-3,7-10,16H2,(H,17,18). The van der Waals surface area contributed by atoms with E-state index < -0.39 is 12.3 Å². The van der Waals surface area contributed by atoms with Crippen LogP contribution >= 0.6 is 20.0 Å². The molecule has 0 spiro atoms. The number of carbonyl (C=O) groups is 1. The average Bonchev–Trinajstić information content (AvgIpc) is 2.98. The first kappa shape index (κ1) is 16.3. The molecule has 1 aromatic carbocycles. The number of amides is 1. The SMILES string of the molecule is NCCCCCC(=O)Nc1cccc([As]2SCCS2)c1. The minimum absolute atomic E-state index is 0.119. The Morgan fingerprint density at radius 1 is 1.25 bits per heavy atom. The van der Waals surface area contributed by atoms with E-state index in [9.17, 15) is 4.79 Å². The number of hydrogen-bond acceptors (Lipinski definition) is 4. The van der Waals surface area contributed by atoms with Crippen molar-refractivity contribution in [2.75, 3.05) is 23.4 Å². The van der Waals surface area contributed by atoms with Gasteiger partial charge in [-0.25, -0.2) is 0 Å². The third-order valence-corrected chi connectivity index (χ3v) is 16.6. The van der Waals surface area contributed by atoms with Gasteiger partial charge in [0.2, 0.25) is 0 Å². The van der Waals surface area contributed by atoms with Crippen LogP contribution in [0.3, 0.4) is 0 Å². The van der Waals surface area contributed by atoms with Crippen molar-refractivity contribution in [3.63, 3.8) is 0 Å². The van der Waals surface area contributed by atoms with E-state index in [1.165, 1.54) is 15.9 Å². The van der Waals surface area contributed by atoms with E-state index in [1.54, 1.807) is 0 Å². The van der Waals surface area contributed by atoms with Crippen LogP contribution in [-0.2, 0) is 4.79 Å². The summed E-state index contributed by atoms with van der Waals surface area (Å²) in [4.78, 5) is 11.9. The molecule has 1 amide bonds. The summed E-state index contributed by atoms with van der Waals surface area (Å²) in [6.45, 7) is 0.714. The van der Waals surface area contributed by atoms with Gasteiger partial charge in [-0.2, -0.15) is 0 Å². The molecule has 0 unspecified atom stereocenters. The molecular formula is C14H21AsN2OS2. The Labute approximate surface area is 132 Å². The molecule has 1 aliphatic heterocycles. The Kier molecular flexibility index (Phi) is 7.35. The van der Waals surface area contributed by atoms with Gasteiger partial charge in [0.15, 0.2) is 0 Å². The summed E-state index contributed by atoms with van der Waals surface area (Å²) >= 11 is -0.946. The number of nitrogens with one attached hydrogen (secondary N) is 1. The van der Waals surface area contributed by atoms with Gasteiger partial charge in [-0.15, -0.1) is 0 Å². The molecule has 3 nitrogen and oxygen atoms in total. The first-order valence-electron chi connectivity index (χ1n) is 6.95. The molecule has 3 N–H and O–H groups in total. The molecule has 0 aliphatic carbocycles. The normalized spacial score (nSPS) is 15.4. The van der Waals surface area contributed by atoms with Crippen LogP contribution in [0, 0.1) is 0 Å². The van der Waals surface area contributed by atoms with Gasteiger partial charge in [-0.05, 0) is 0 Å². The number of hydrogen-bond donors (Lipinski definition) is 2. The maximum atomic E-state index is 11.9. The van der Waals surface area contributed by atoms with E-state index in [2.05, 4.69) is 43.6 Å². The van der Waals surface area contributed by atoms with E-state index in [4.69, 9.17) is 5.73 Å². The van der Waals surface area contributed by atoms with Crippen LogP contribution in [0.1, 0.15) is 25.7 Å². The van der Waals surface area contributed by atoms with E-state index in [0.29, 0.717) is 13.0 Å². The molecule has 1 saturated heterocycles. The molecule has 0 saturated carbocycles. The van der Waals surface area contributed by atoms with Crippen molar-refractivity contribution in [3.05, 3.63) is 24.3 Å². The van der Waals surface area contributed by atoms with Gasteiger partial charge < -0.3 is 0 Å². The molecule has 1 aliphatic rings. The molecule has 1 heterocycles. The predicted molar refractivity (Wildman–Crippen MR) is 92.9 cm³/mol. The molecule has 0 bridgehead atoms. The van der Waals surface area contributed by atoms with Gasteiger partial charge in [-0.3, -0.25) is 0 Å². The van der Waals surface area contributed by atoms with E-state index in [0.717, 1.165) is 24.9 Å². The Morgan fingerprint density at radius 2 is 2.05 bits per heavy atom. The second-order valence-electron chi connectivity index (χ2n) is 4.62. The summed E-state index contributed by atoms with van der Waals surface area (Å²) < 4.78 is 1.45. The van der Waals surface area contributed by atoms with Crippen molar-refractivity contribution in [1.29, 1.82) is 0 Å². The molecular weight excluding hydrogens is 351 g/mol. The van der Waals surface area contributed by atoms with Crippen molar-refractivity contribution in [3.8, 4) is 0 Å². The Bertz CT molecular complexity index is 439. The van der Waals surface area contributed by atoms with Crippen molar-refractivity contribution < 1.29 is 4.79 Å². The Morgan fingerprint density at radius 3 is 2.80 bits per heavy atom. The van der Waals surface area contributed by atoms with Gasteiger partial charge >= 0.3 is 132 Å². The first-order valence-corrected chi connectivity index (χ1v) is 14.4. The first-order chi connectivity index (χ1) is 9.79. The number of carbonyl (C=O) groups excluding carboxylic acids is 1. The van der Waals surface area contributed by atoms with Crippen LogP contribution in [-0.4, -0.2) is 36.3 Å². The topological polar surface area (TPSA) is 55.1 Å². The molecule has 20 heavy (non-hydrogen) atoms. The zero-order valence-corrected chi connectivity index (χ0v) is 15.0. The number of unbranched alkanes of at least 4 members (excludes halogenated alkanes) is 2. The molecule has 110 valence electrons.